The zero-order valence-corrected chi connectivity index (χ0v) is 18.6. The van der Waals surface area contributed by atoms with Crippen molar-refractivity contribution >= 4 is 11.8 Å². The van der Waals surface area contributed by atoms with E-state index in [1.54, 1.807) is 0 Å². The smallest absolute Gasteiger partial charge is 0.237 e. The van der Waals surface area contributed by atoms with Crippen LogP contribution < -0.4 is 10.6 Å². The van der Waals surface area contributed by atoms with Gasteiger partial charge in [-0.2, -0.15) is 0 Å². The van der Waals surface area contributed by atoms with E-state index < -0.39 is 0 Å². The minimum absolute atomic E-state index is 0.0398. The molecule has 2 amide bonds. The van der Waals surface area contributed by atoms with Crippen LogP contribution >= 0.6 is 0 Å². The maximum Gasteiger partial charge on any atom is 0.237 e. The van der Waals surface area contributed by atoms with Gasteiger partial charge in [0, 0.05) is 39.3 Å². The number of benzene rings is 2. The standard InChI is InChI=1S/C25H34N4O2/c1-20(23-11-7-4-8-12-23)17-27-25(31)21(2)29-15-13-28(14-16-29)19-24(30)26-18-22-9-5-3-6-10-22/h3-12,20-21H,13-19H2,1-2H3,(H,26,30)(H,27,31). The van der Waals surface area contributed by atoms with Crippen LogP contribution in [0.4, 0.5) is 0 Å². The Morgan fingerprint density at radius 3 is 2.13 bits per heavy atom. The summed E-state index contributed by atoms with van der Waals surface area (Å²) in [6.07, 6.45) is 0. The van der Waals surface area contributed by atoms with Gasteiger partial charge in [0.2, 0.25) is 11.8 Å². The summed E-state index contributed by atoms with van der Waals surface area (Å²) in [5, 5.41) is 6.08. The minimum atomic E-state index is -0.169. The maximum atomic E-state index is 12.6. The zero-order chi connectivity index (χ0) is 22.1. The van der Waals surface area contributed by atoms with E-state index in [1.165, 1.54) is 5.56 Å². The van der Waals surface area contributed by atoms with Gasteiger partial charge < -0.3 is 10.6 Å². The van der Waals surface area contributed by atoms with Crippen LogP contribution in [0.15, 0.2) is 60.7 Å². The summed E-state index contributed by atoms with van der Waals surface area (Å²) in [7, 11) is 0. The van der Waals surface area contributed by atoms with Crippen LogP contribution in [0.1, 0.15) is 30.9 Å². The lowest BCUT2D eigenvalue weighted by atomic mass is 10.0. The van der Waals surface area contributed by atoms with Crippen LogP contribution in [0.3, 0.4) is 0 Å². The molecule has 0 radical (unpaired) electrons. The normalized spacial score (nSPS) is 17.0. The average Bonchev–Trinajstić information content (AvgIpc) is 2.82. The summed E-state index contributed by atoms with van der Waals surface area (Å²) in [5.74, 6) is 0.387. The Hall–Kier alpha value is -2.70. The minimum Gasteiger partial charge on any atom is -0.354 e. The van der Waals surface area contributed by atoms with E-state index in [2.05, 4.69) is 39.5 Å². The Kier molecular flexibility index (Phi) is 8.62. The molecule has 2 N–H and O–H groups in total. The van der Waals surface area contributed by atoms with Crippen molar-refractivity contribution in [2.75, 3.05) is 39.3 Å². The molecule has 1 heterocycles. The molecule has 1 saturated heterocycles. The second-order valence-corrected chi connectivity index (χ2v) is 8.31. The van der Waals surface area contributed by atoms with Crippen molar-refractivity contribution in [2.24, 2.45) is 0 Å². The second kappa shape index (κ2) is 11.6. The molecule has 0 saturated carbocycles. The van der Waals surface area contributed by atoms with Gasteiger partial charge >= 0.3 is 0 Å². The lowest BCUT2D eigenvalue weighted by molar-refractivity contribution is -0.128. The molecule has 31 heavy (non-hydrogen) atoms. The Bertz CT molecular complexity index is 820. The van der Waals surface area contributed by atoms with Gasteiger partial charge in [0.1, 0.15) is 0 Å². The lowest BCUT2D eigenvalue weighted by Gasteiger charge is -2.37. The Labute approximate surface area is 185 Å². The van der Waals surface area contributed by atoms with Gasteiger partial charge in [-0.05, 0) is 24.0 Å². The molecule has 1 aliphatic rings. The summed E-state index contributed by atoms with van der Waals surface area (Å²) in [4.78, 5) is 29.2. The molecule has 2 unspecified atom stereocenters. The predicted octanol–water partition coefficient (Wildman–Crippen LogP) is 2.23. The van der Waals surface area contributed by atoms with E-state index in [4.69, 9.17) is 0 Å². The van der Waals surface area contributed by atoms with Gasteiger partial charge in [0.25, 0.3) is 0 Å². The van der Waals surface area contributed by atoms with Crippen molar-refractivity contribution in [3.8, 4) is 0 Å². The predicted molar refractivity (Wildman–Crippen MR) is 124 cm³/mol. The van der Waals surface area contributed by atoms with Gasteiger partial charge in [-0.3, -0.25) is 19.4 Å². The average molecular weight is 423 g/mol. The molecule has 0 bridgehead atoms. The number of rotatable bonds is 9. The fraction of sp³-hybridized carbons (Fsp3) is 0.440. The molecule has 0 aromatic heterocycles. The zero-order valence-electron chi connectivity index (χ0n) is 18.6. The number of carbonyl (C=O) groups is 2. The number of hydrogen-bond donors (Lipinski definition) is 2. The first-order valence-corrected chi connectivity index (χ1v) is 11.1. The summed E-state index contributed by atoms with van der Waals surface area (Å²) in [6.45, 7) is 8.83. The van der Waals surface area contributed by atoms with Crippen molar-refractivity contribution in [2.45, 2.75) is 32.4 Å². The Morgan fingerprint density at radius 2 is 1.48 bits per heavy atom. The van der Waals surface area contributed by atoms with Gasteiger partial charge in [-0.15, -0.1) is 0 Å². The van der Waals surface area contributed by atoms with Crippen molar-refractivity contribution in [3.05, 3.63) is 71.8 Å². The maximum absolute atomic E-state index is 12.6. The van der Waals surface area contributed by atoms with Gasteiger partial charge in [-0.25, -0.2) is 0 Å². The highest BCUT2D eigenvalue weighted by Crippen LogP contribution is 2.13. The SMILES string of the molecule is CC(CNC(=O)C(C)N1CCN(CC(=O)NCc2ccccc2)CC1)c1ccccc1. The van der Waals surface area contributed by atoms with E-state index in [9.17, 15) is 9.59 Å². The van der Waals surface area contributed by atoms with Gasteiger partial charge in [0.15, 0.2) is 0 Å². The number of carbonyl (C=O) groups excluding carboxylic acids is 2. The van der Waals surface area contributed by atoms with Crippen LogP contribution in [0.2, 0.25) is 0 Å². The molecule has 6 nitrogen and oxygen atoms in total. The lowest BCUT2D eigenvalue weighted by Crippen LogP contribution is -2.55. The molecule has 166 valence electrons. The van der Waals surface area contributed by atoms with Crippen LogP contribution in [0, 0.1) is 0 Å². The van der Waals surface area contributed by atoms with Crippen LogP contribution in [-0.2, 0) is 16.1 Å². The van der Waals surface area contributed by atoms with E-state index in [1.807, 2.05) is 55.5 Å². The van der Waals surface area contributed by atoms with Crippen LogP contribution in [0.25, 0.3) is 0 Å². The third-order valence-electron chi connectivity index (χ3n) is 5.98. The summed E-state index contributed by atoms with van der Waals surface area (Å²) in [5.41, 5.74) is 2.33. The van der Waals surface area contributed by atoms with Crippen molar-refractivity contribution < 1.29 is 9.59 Å². The fourth-order valence-electron chi connectivity index (χ4n) is 3.83. The number of amides is 2. The molecule has 0 spiro atoms. The second-order valence-electron chi connectivity index (χ2n) is 8.31. The van der Waals surface area contributed by atoms with Crippen LogP contribution in [-0.4, -0.2) is 66.9 Å². The molecule has 0 aliphatic carbocycles. The molecule has 6 heteroatoms. The Morgan fingerprint density at radius 1 is 0.871 bits per heavy atom. The summed E-state index contributed by atoms with van der Waals surface area (Å²) < 4.78 is 0. The van der Waals surface area contributed by atoms with Crippen molar-refractivity contribution in [3.63, 3.8) is 0 Å². The topological polar surface area (TPSA) is 64.7 Å². The van der Waals surface area contributed by atoms with Crippen molar-refractivity contribution in [1.29, 1.82) is 0 Å². The van der Waals surface area contributed by atoms with E-state index in [0.717, 1.165) is 31.7 Å². The van der Waals surface area contributed by atoms with E-state index in [-0.39, 0.29) is 23.8 Å². The van der Waals surface area contributed by atoms with Gasteiger partial charge in [-0.1, -0.05) is 67.6 Å². The highest BCUT2D eigenvalue weighted by Gasteiger charge is 2.26. The first-order valence-electron chi connectivity index (χ1n) is 11.1. The molecule has 3 rings (SSSR count). The fourth-order valence-corrected chi connectivity index (χ4v) is 3.83. The monoisotopic (exact) mass is 422 g/mol. The summed E-state index contributed by atoms with van der Waals surface area (Å²) in [6, 6.07) is 20.0. The Balaban J connectivity index is 1.35. The highest BCUT2D eigenvalue weighted by atomic mass is 16.2. The first-order chi connectivity index (χ1) is 15.0. The number of nitrogens with zero attached hydrogens (tertiary/aromatic N) is 2. The van der Waals surface area contributed by atoms with Crippen LogP contribution in [0.5, 0.6) is 0 Å². The number of piperazine rings is 1. The van der Waals surface area contributed by atoms with Gasteiger partial charge in [0.05, 0.1) is 12.6 Å². The highest BCUT2D eigenvalue weighted by molar-refractivity contribution is 5.81. The molecular formula is C25H34N4O2. The molecule has 2 atom stereocenters. The van der Waals surface area contributed by atoms with E-state index >= 15 is 0 Å². The molecule has 1 aliphatic heterocycles. The largest absolute Gasteiger partial charge is 0.354 e. The van der Waals surface area contributed by atoms with E-state index in [0.29, 0.717) is 19.6 Å². The number of hydrogen-bond acceptors (Lipinski definition) is 4. The quantitative estimate of drug-likeness (QED) is 0.651. The van der Waals surface area contributed by atoms with Crippen molar-refractivity contribution in [1.82, 2.24) is 20.4 Å². The summed E-state index contributed by atoms with van der Waals surface area (Å²) >= 11 is 0. The third kappa shape index (κ3) is 7.19. The molecule has 2 aromatic carbocycles. The molecule has 1 fully saturated rings. The number of nitrogens with one attached hydrogen (secondary N) is 2. The first kappa shape index (κ1) is 23.0. The molecular weight excluding hydrogens is 388 g/mol. The third-order valence-corrected chi connectivity index (χ3v) is 5.98. The molecule has 2 aromatic rings.